The van der Waals surface area contributed by atoms with Crippen LogP contribution in [0, 0.1) is 6.92 Å². The van der Waals surface area contributed by atoms with E-state index >= 15 is 0 Å². The lowest BCUT2D eigenvalue weighted by molar-refractivity contribution is 0.377. The average molecular weight is 351 g/mol. The summed E-state index contributed by atoms with van der Waals surface area (Å²) in [4.78, 5) is 0. The van der Waals surface area contributed by atoms with E-state index in [1.165, 1.54) is 0 Å². The number of ether oxygens (including phenoxy) is 2. The fourth-order valence-electron chi connectivity index (χ4n) is 2.42. The Balaban J connectivity index is 2.63. The van der Waals surface area contributed by atoms with Crippen LogP contribution in [0.4, 0.5) is 0 Å². The average Bonchev–Trinajstić information content (AvgIpc) is 2.51. The molecule has 0 fully saturated rings. The maximum absolute atomic E-state index is 5.83. The summed E-state index contributed by atoms with van der Waals surface area (Å²) < 4.78 is 11.9. The number of nitrogens with one attached hydrogen (secondary N) is 1. The van der Waals surface area contributed by atoms with Gasteiger partial charge in [0.15, 0.2) is 0 Å². The molecule has 0 aliphatic heterocycles. The molecule has 0 aromatic heterocycles. The number of hydrogen-bond acceptors (Lipinski definition) is 4. The molecule has 2 rings (SSSR count). The third-order valence-electron chi connectivity index (χ3n) is 3.47. The van der Waals surface area contributed by atoms with Gasteiger partial charge in [-0.2, -0.15) is 0 Å². The minimum absolute atomic E-state index is 0.228. The molecule has 3 N–H and O–H groups in total. The van der Waals surface area contributed by atoms with Crippen LogP contribution in [0.25, 0.3) is 0 Å². The van der Waals surface area contributed by atoms with Gasteiger partial charge in [0.25, 0.3) is 0 Å². The number of benzene rings is 2. The minimum atomic E-state index is -0.228. The van der Waals surface area contributed by atoms with E-state index in [9.17, 15) is 0 Å². The zero-order valence-electron chi connectivity index (χ0n) is 12.3. The highest BCUT2D eigenvalue weighted by molar-refractivity contribution is 9.10. The van der Waals surface area contributed by atoms with Gasteiger partial charge < -0.3 is 9.47 Å². The van der Waals surface area contributed by atoms with E-state index in [0.717, 1.165) is 32.7 Å². The van der Waals surface area contributed by atoms with Crippen molar-refractivity contribution in [1.29, 1.82) is 0 Å². The normalized spacial score (nSPS) is 12.0. The van der Waals surface area contributed by atoms with Crippen molar-refractivity contribution in [3.05, 3.63) is 57.6 Å². The van der Waals surface area contributed by atoms with Crippen LogP contribution in [-0.4, -0.2) is 14.2 Å². The van der Waals surface area contributed by atoms with Gasteiger partial charge in [0.05, 0.1) is 25.8 Å². The fraction of sp³-hybridized carbons (Fsp3) is 0.250. The molecule has 0 aliphatic rings. The summed E-state index contributed by atoms with van der Waals surface area (Å²) in [6.07, 6.45) is 0. The predicted molar refractivity (Wildman–Crippen MR) is 87.6 cm³/mol. The molecule has 1 unspecified atom stereocenters. The fourth-order valence-corrected chi connectivity index (χ4v) is 2.79. The Hall–Kier alpha value is -1.56. The first-order chi connectivity index (χ1) is 10.1. The highest BCUT2D eigenvalue weighted by atomic mass is 79.9. The van der Waals surface area contributed by atoms with Crippen molar-refractivity contribution in [3.63, 3.8) is 0 Å². The van der Waals surface area contributed by atoms with Gasteiger partial charge in [0, 0.05) is 4.47 Å². The molecule has 0 bridgehead atoms. The van der Waals surface area contributed by atoms with Gasteiger partial charge in [-0.05, 0) is 42.3 Å². The van der Waals surface area contributed by atoms with Crippen LogP contribution in [0.15, 0.2) is 40.9 Å². The van der Waals surface area contributed by atoms with E-state index in [0.29, 0.717) is 0 Å². The minimum Gasteiger partial charge on any atom is -0.496 e. The zero-order chi connectivity index (χ0) is 15.4. The lowest BCUT2D eigenvalue weighted by Crippen LogP contribution is -2.30. The molecular formula is C16H19BrN2O2. The Labute approximate surface area is 133 Å². The second-order valence-electron chi connectivity index (χ2n) is 4.68. The van der Waals surface area contributed by atoms with Crippen molar-refractivity contribution in [1.82, 2.24) is 5.43 Å². The summed E-state index contributed by atoms with van der Waals surface area (Å²) in [6, 6.07) is 11.6. The number of hydrogen-bond donors (Lipinski definition) is 2. The molecule has 4 nitrogen and oxygen atoms in total. The van der Waals surface area contributed by atoms with E-state index in [1.54, 1.807) is 14.2 Å². The molecule has 0 saturated heterocycles. The molecule has 1 atom stereocenters. The molecule has 0 radical (unpaired) electrons. The first-order valence-electron chi connectivity index (χ1n) is 6.55. The molecular weight excluding hydrogens is 332 g/mol. The Kier molecular flexibility index (Phi) is 5.22. The number of methoxy groups -OCH3 is 2. The first kappa shape index (κ1) is 15.8. The standard InChI is InChI=1S/C16H19BrN2O2/c1-10-7-8-11(17)9-12(10)16(19-18)15-13(20-2)5-4-6-14(15)21-3/h4-9,16,19H,18H2,1-3H3. The number of hydrazine groups is 1. The van der Waals surface area contributed by atoms with E-state index in [4.69, 9.17) is 15.3 Å². The summed E-state index contributed by atoms with van der Waals surface area (Å²) in [5.41, 5.74) is 5.95. The van der Waals surface area contributed by atoms with Gasteiger partial charge in [-0.1, -0.05) is 28.1 Å². The van der Waals surface area contributed by atoms with Crippen molar-refractivity contribution < 1.29 is 9.47 Å². The summed E-state index contributed by atoms with van der Waals surface area (Å²) in [5, 5.41) is 0. The van der Waals surface area contributed by atoms with E-state index in [-0.39, 0.29) is 6.04 Å². The van der Waals surface area contributed by atoms with Gasteiger partial charge in [-0.15, -0.1) is 0 Å². The lowest BCUT2D eigenvalue weighted by atomic mass is 9.94. The second-order valence-corrected chi connectivity index (χ2v) is 5.59. The molecule has 0 aliphatic carbocycles. The largest absolute Gasteiger partial charge is 0.496 e. The monoisotopic (exact) mass is 350 g/mol. The third kappa shape index (κ3) is 3.20. The third-order valence-corrected chi connectivity index (χ3v) is 3.97. The first-order valence-corrected chi connectivity index (χ1v) is 7.34. The smallest absolute Gasteiger partial charge is 0.127 e. The van der Waals surface area contributed by atoms with Gasteiger partial charge >= 0.3 is 0 Å². The van der Waals surface area contributed by atoms with Crippen LogP contribution in [0.1, 0.15) is 22.7 Å². The number of aryl methyl sites for hydroxylation is 1. The molecule has 21 heavy (non-hydrogen) atoms. The van der Waals surface area contributed by atoms with Crippen LogP contribution >= 0.6 is 15.9 Å². The van der Waals surface area contributed by atoms with E-state index in [1.807, 2.05) is 43.3 Å². The summed E-state index contributed by atoms with van der Waals surface area (Å²) in [6.45, 7) is 2.05. The van der Waals surface area contributed by atoms with E-state index in [2.05, 4.69) is 21.4 Å². The SMILES string of the molecule is COc1cccc(OC)c1C(NN)c1cc(Br)ccc1C. The van der Waals surface area contributed by atoms with Crippen molar-refractivity contribution in [2.45, 2.75) is 13.0 Å². The van der Waals surface area contributed by atoms with Crippen LogP contribution in [0.3, 0.4) is 0 Å². The Morgan fingerprint density at radius 1 is 1.10 bits per heavy atom. The lowest BCUT2D eigenvalue weighted by Gasteiger charge is -2.23. The summed E-state index contributed by atoms with van der Waals surface area (Å²) in [5.74, 6) is 7.29. The van der Waals surface area contributed by atoms with Crippen LogP contribution < -0.4 is 20.7 Å². The van der Waals surface area contributed by atoms with E-state index < -0.39 is 0 Å². The van der Waals surface area contributed by atoms with Crippen LogP contribution in [0.2, 0.25) is 0 Å². The molecule has 2 aromatic carbocycles. The maximum Gasteiger partial charge on any atom is 0.127 e. The van der Waals surface area contributed by atoms with Crippen LogP contribution in [0.5, 0.6) is 11.5 Å². The molecule has 2 aromatic rings. The van der Waals surface area contributed by atoms with Gasteiger partial charge in [-0.25, -0.2) is 5.43 Å². The molecule has 112 valence electrons. The molecule has 0 spiro atoms. The van der Waals surface area contributed by atoms with Gasteiger partial charge in [0.1, 0.15) is 11.5 Å². The van der Waals surface area contributed by atoms with Crippen molar-refractivity contribution in [2.24, 2.45) is 5.84 Å². The summed E-state index contributed by atoms with van der Waals surface area (Å²) >= 11 is 3.51. The maximum atomic E-state index is 5.83. The van der Waals surface area contributed by atoms with Crippen molar-refractivity contribution >= 4 is 15.9 Å². The molecule has 0 heterocycles. The molecule has 5 heteroatoms. The van der Waals surface area contributed by atoms with Crippen molar-refractivity contribution in [2.75, 3.05) is 14.2 Å². The molecule has 0 saturated carbocycles. The number of rotatable bonds is 5. The van der Waals surface area contributed by atoms with Gasteiger partial charge in [-0.3, -0.25) is 5.84 Å². The second kappa shape index (κ2) is 6.93. The Bertz CT molecular complexity index is 609. The topological polar surface area (TPSA) is 56.5 Å². The highest BCUT2D eigenvalue weighted by Gasteiger charge is 2.23. The number of nitrogens with two attached hydrogens (primary N) is 1. The predicted octanol–water partition coefficient (Wildman–Crippen LogP) is 3.33. The summed E-state index contributed by atoms with van der Waals surface area (Å²) in [7, 11) is 3.28. The zero-order valence-corrected chi connectivity index (χ0v) is 13.9. The van der Waals surface area contributed by atoms with Crippen LogP contribution in [-0.2, 0) is 0 Å². The van der Waals surface area contributed by atoms with Crippen molar-refractivity contribution in [3.8, 4) is 11.5 Å². The quantitative estimate of drug-likeness (QED) is 0.641. The highest BCUT2D eigenvalue weighted by Crippen LogP contribution is 2.38. The Morgan fingerprint density at radius 3 is 2.24 bits per heavy atom. The molecule has 0 amide bonds. The van der Waals surface area contributed by atoms with Gasteiger partial charge in [0.2, 0.25) is 0 Å². The Morgan fingerprint density at radius 2 is 1.71 bits per heavy atom. The number of halogens is 1.